The summed E-state index contributed by atoms with van der Waals surface area (Å²) in [5.41, 5.74) is 0.790. The van der Waals surface area contributed by atoms with Gasteiger partial charge in [0, 0.05) is 11.7 Å². The van der Waals surface area contributed by atoms with E-state index >= 15 is 0 Å². The number of nitrogens with one attached hydrogen (secondary N) is 2. The zero-order valence-corrected chi connectivity index (χ0v) is 19.6. The second-order valence-electron chi connectivity index (χ2n) is 8.33. The Morgan fingerprint density at radius 2 is 1.80 bits per heavy atom. The molecular formula is C26H25ClFN3O4. The maximum atomic E-state index is 13.9. The average Bonchev–Trinajstić information content (AvgIpc) is 3.58. The number of hydrogen-bond acceptors (Lipinski definition) is 4. The molecule has 4 rings (SSSR count). The monoisotopic (exact) mass is 497 g/mol. The molecule has 1 aliphatic carbocycles. The quantitative estimate of drug-likeness (QED) is 0.474. The van der Waals surface area contributed by atoms with Crippen molar-refractivity contribution in [1.82, 2.24) is 10.6 Å². The predicted molar refractivity (Wildman–Crippen MR) is 130 cm³/mol. The molecular weight excluding hydrogens is 473 g/mol. The summed E-state index contributed by atoms with van der Waals surface area (Å²) in [6, 6.07) is 14.6. The van der Waals surface area contributed by atoms with Crippen molar-refractivity contribution in [1.29, 1.82) is 0 Å². The van der Waals surface area contributed by atoms with Gasteiger partial charge in [-0.15, -0.1) is 0 Å². The molecule has 1 fully saturated rings. The van der Waals surface area contributed by atoms with Gasteiger partial charge in [-0.3, -0.25) is 19.3 Å². The molecule has 0 spiro atoms. The molecule has 1 aromatic heterocycles. The lowest BCUT2D eigenvalue weighted by atomic mass is 10.0. The molecule has 2 aromatic carbocycles. The summed E-state index contributed by atoms with van der Waals surface area (Å²) in [6.07, 6.45) is 5.12. The van der Waals surface area contributed by atoms with Gasteiger partial charge in [0.05, 0.1) is 17.8 Å². The first kappa shape index (κ1) is 24.5. The Kier molecular flexibility index (Phi) is 7.82. The molecule has 1 atom stereocenters. The first-order valence-electron chi connectivity index (χ1n) is 11.4. The van der Waals surface area contributed by atoms with Gasteiger partial charge in [-0.2, -0.15) is 0 Å². The standard InChI is InChI=1S/C26H25ClFN3O4/c27-20-15-19(12-13-21(20)28)31(23(32)16-29-25(33)22-11-6-14-35-22)24(17-7-2-1-3-8-17)26(34)30-18-9-4-5-10-18/h1-3,6-8,11-15,18,24H,4-5,9-10,16H2,(H,29,33)(H,30,34)/t24-/m0/s1. The van der Waals surface area contributed by atoms with Gasteiger partial charge in [-0.1, -0.05) is 54.8 Å². The number of halogens is 2. The molecule has 9 heteroatoms. The van der Waals surface area contributed by atoms with Crippen molar-refractivity contribution in [3.05, 3.63) is 89.1 Å². The van der Waals surface area contributed by atoms with E-state index in [-0.39, 0.29) is 28.4 Å². The van der Waals surface area contributed by atoms with E-state index in [1.165, 1.54) is 29.4 Å². The minimum absolute atomic E-state index is 0.0149. The number of furan rings is 1. The Labute approximate surface area is 207 Å². The van der Waals surface area contributed by atoms with Gasteiger partial charge in [0.15, 0.2) is 5.76 Å². The van der Waals surface area contributed by atoms with Crippen molar-refractivity contribution >= 4 is 35.0 Å². The van der Waals surface area contributed by atoms with Gasteiger partial charge in [0.1, 0.15) is 11.9 Å². The molecule has 0 saturated heterocycles. The molecule has 35 heavy (non-hydrogen) atoms. The summed E-state index contributed by atoms with van der Waals surface area (Å²) >= 11 is 6.03. The number of carbonyl (C=O) groups is 3. The van der Waals surface area contributed by atoms with Crippen molar-refractivity contribution in [2.45, 2.75) is 37.8 Å². The maximum Gasteiger partial charge on any atom is 0.287 e. The highest BCUT2D eigenvalue weighted by molar-refractivity contribution is 6.31. The lowest BCUT2D eigenvalue weighted by Gasteiger charge is -2.32. The molecule has 1 saturated carbocycles. The van der Waals surface area contributed by atoms with Crippen molar-refractivity contribution in [2.24, 2.45) is 0 Å². The minimum atomic E-state index is -1.06. The van der Waals surface area contributed by atoms with E-state index in [1.54, 1.807) is 36.4 Å². The fraction of sp³-hybridized carbons (Fsp3) is 0.269. The fourth-order valence-electron chi connectivity index (χ4n) is 4.21. The largest absolute Gasteiger partial charge is 0.459 e. The van der Waals surface area contributed by atoms with E-state index in [9.17, 15) is 18.8 Å². The number of hydrogen-bond donors (Lipinski definition) is 2. The van der Waals surface area contributed by atoms with Crippen molar-refractivity contribution in [3.8, 4) is 0 Å². The van der Waals surface area contributed by atoms with Gasteiger partial charge in [0.25, 0.3) is 5.91 Å². The number of carbonyl (C=O) groups excluding carboxylic acids is 3. The van der Waals surface area contributed by atoms with Crippen LogP contribution in [0.1, 0.15) is 47.8 Å². The molecule has 3 amide bonds. The molecule has 182 valence electrons. The molecule has 0 bridgehead atoms. The average molecular weight is 498 g/mol. The summed E-state index contributed by atoms with van der Waals surface area (Å²) in [7, 11) is 0. The van der Waals surface area contributed by atoms with Crippen LogP contribution in [0.3, 0.4) is 0 Å². The molecule has 0 unspecified atom stereocenters. The van der Waals surface area contributed by atoms with Crippen LogP contribution in [-0.4, -0.2) is 30.3 Å². The second-order valence-corrected chi connectivity index (χ2v) is 8.73. The highest BCUT2D eigenvalue weighted by Gasteiger charge is 2.34. The van der Waals surface area contributed by atoms with Gasteiger partial charge in [-0.05, 0) is 48.7 Å². The lowest BCUT2D eigenvalue weighted by molar-refractivity contribution is -0.126. The van der Waals surface area contributed by atoms with E-state index in [0.717, 1.165) is 31.7 Å². The maximum absolute atomic E-state index is 13.9. The topological polar surface area (TPSA) is 91.7 Å². The van der Waals surface area contributed by atoms with Crippen LogP contribution in [0.5, 0.6) is 0 Å². The molecule has 1 aliphatic rings. The summed E-state index contributed by atoms with van der Waals surface area (Å²) in [4.78, 5) is 40.7. The van der Waals surface area contributed by atoms with Crippen LogP contribution in [0, 0.1) is 5.82 Å². The summed E-state index contributed by atoms with van der Waals surface area (Å²) in [6.45, 7) is -0.422. The third kappa shape index (κ3) is 5.89. The number of amides is 3. The van der Waals surface area contributed by atoms with Crippen LogP contribution in [0.4, 0.5) is 10.1 Å². The van der Waals surface area contributed by atoms with Crippen molar-refractivity contribution < 1.29 is 23.2 Å². The van der Waals surface area contributed by atoms with E-state index in [2.05, 4.69) is 10.6 Å². The number of anilines is 1. The number of benzene rings is 2. The lowest BCUT2D eigenvalue weighted by Crippen LogP contribution is -2.49. The molecule has 2 N–H and O–H groups in total. The summed E-state index contributed by atoms with van der Waals surface area (Å²) in [5, 5.41) is 5.38. The van der Waals surface area contributed by atoms with Crippen LogP contribution < -0.4 is 15.5 Å². The molecule has 3 aromatic rings. The van der Waals surface area contributed by atoms with E-state index in [4.69, 9.17) is 16.0 Å². The Hall–Kier alpha value is -3.65. The Morgan fingerprint density at radius 3 is 2.46 bits per heavy atom. The van der Waals surface area contributed by atoms with Gasteiger partial charge >= 0.3 is 0 Å². The van der Waals surface area contributed by atoms with Crippen LogP contribution in [-0.2, 0) is 9.59 Å². The number of rotatable bonds is 8. The number of nitrogens with zero attached hydrogens (tertiary/aromatic N) is 1. The third-order valence-electron chi connectivity index (χ3n) is 5.92. The van der Waals surface area contributed by atoms with Crippen molar-refractivity contribution in [3.63, 3.8) is 0 Å². The smallest absolute Gasteiger partial charge is 0.287 e. The fourth-order valence-corrected chi connectivity index (χ4v) is 4.39. The minimum Gasteiger partial charge on any atom is -0.459 e. The van der Waals surface area contributed by atoms with E-state index in [0.29, 0.717) is 5.56 Å². The highest BCUT2D eigenvalue weighted by atomic mass is 35.5. The van der Waals surface area contributed by atoms with Crippen LogP contribution in [0.25, 0.3) is 0 Å². The Balaban J connectivity index is 1.69. The zero-order valence-electron chi connectivity index (χ0n) is 18.9. The first-order chi connectivity index (χ1) is 16.9. The molecule has 0 radical (unpaired) electrons. The molecule has 7 nitrogen and oxygen atoms in total. The summed E-state index contributed by atoms with van der Waals surface area (Å²) in [5.74, 6) is -2.13. The Morgan fingerprint density at radius 1 is 1.06 bits per heavy atom. The van der Waals surface area contributed by atoms with Gasteiger partial charge in [0.2, 0.25) is 11.8 Å². The van der Waals surface area contributed by atoms with Crippen LogP contribution in [0.15, 0.2) is 71.3 Å². The molecule has 0 aliphatic heterocycles. The molecule has 1 heterocycles. The second kappa shape index (κ2) is 11.2. The zero-order chi connectivity index (χ0) is 24.8. The first-order valence-corrected chi connectivity index (χ1v) is 11.8. The third-order valence-corrected chi connectivity index (χ3v) is 6.21. The van der Waals surface area contributed by atoms with Gasteiger partial charge in [-0.25, -0.2) is 4.39 Å². The highest BCUT2D eigenvalue weighted by Crippen LogP contribution is 2.31. The van der Waals surface area contributed by atoms with E-state index < -0.39 is 30.2 Å². The SMILES string of the molecule is O=C(NCC(=O)N(c1ccc(F)c(Cl)c1)[C@H](C(=O)NC1CCCC1)c1ccccc1)c1ccco1. The van der Waals surface area contributed by atoms with Crippen LogP contribution in [0.2, 0.25) is 5.02 Å². The predicted octanol–water partition coefficient (Wildman–Crippen LogP) is 4.64. The van der Waals surface area contributed by atoms with E-state index in [1.807, 2.05) is 0 Å². The van der Waals surface area contributed by atoms with Crippen molar-refractivity contribution in [2.75, 3.05) is 11.4 Å². The Bertz CT molecular complexity index is 1180. The van der Waals surface area contributed by atoms with Crippen LogP contribution >= 0.6 is 11.6 Å². The normalized spacial score (nSPS) is 14.3. The summed E-state index contributed by atoms with van der Waals surface area (Å²) < 4.78 is 19.0. The van der Waals surface area contributed by atoms with Gasteiger partial charge < -0.3 is 15.1 Å².